The SMILES string of the molecule is CCC1C(=O)N2CCCCC2C(=O)N1C1CCCOC1. The van der Waals surface area contributed by atoms with E-state index in [4.69, 9.17) is 4.74 Å². The number of piperidine rings is 1. The highest BCUT2D eigenvalue weighted by atomic mass is 16.5. The van der Waals surface area contributed by atoms with Gasteiger partial charge in [0.25, 0.3) is 0 Å². The first-order valence-corrected chi connectivity index (χ1v) is 7.94. The highest BCUT2D eigenvalue weighted by molar-refractivity contribution is 5.97. The van der Waals surface area contributed by atoms with Crippen molar-refractivity contribution in [3.05, 3.63) is 0 Å². The largest absolute Gasteiger partial charge is 0.379 e. The molecule has 5 heteroatoms. The maximum absolute atomic E-state index is 12.9. The molecule has 20 heavy (non-hydrogen) atoms. The summed E-state index contributed by atoms with van der Waals surface area (Å²) in [7, 11) is 0. The first-order valence-electron chi connectivity index (χ1n) is 7.94. The first-order chi connectivity index (χ1) is 9.74. The number of rotatable bonds is 2. The van der Waals surface area contributed by atoms with Gasteiger partial charge in [0.05, 0.1) is 12.6 Å². The van der Waals surface area contributed by atoms with Crippen molar-refractivity contribution >= 4 is 11.8 Å². The van der Waals surface area contributed by atoms with Crippen molar-refractivity contribution in [2.45, 2.75) is 63.6 Å². The summed E-state index contributed by atoms with van der Waals surface area (Å²) >= 11 is 0. The van der Waals surface area contributed by atoms with E-state index >= 15 is 0 Å². The minimum atomic E-state index is -0.274. The van der Waals surface area contributed by atoms with E-state index in [0.717, 1.165) is 45.3 Å². The smallest absolute Gasteiger partial charge is 0.246 e. The molecular formula is C15H24N2O3. The van der Waals surface area contributed by atoms with Crippen LogP contribution in [0, 0.1) is 0 Å². The summed E-state index contributed by atoms with van der Waals surface area (Å²) in [5.41, 5.74) is 0. The number of ether oxygens (including phenoxy) is 1. The van der Waals surface area contributed by atoms with Crippen LogP contribution in [0.5, 0.6) is 0 Å². The minimum Gasteiger partial charge on any atom is -0.379 e. The molecule has 3 aliphatic rings. The molecule has 3 saturated heterocycles. The molecule has 0 spiro atoms. The van der Waals surface area contributed by atoms with Gasteiger partial charge in [0.1, 0.15) is 12.1 Å². The topological polar surface area (TPSA) is 49.9 Å². The zero-order valence-corrected chi connectivity index (χ0v) is 12.2. The molecule has 0 aromatic carbocycles. The molecule has 0 bridgehead atoms. The molecule has 3 heterocycles. The summed E-state index contributed by atoms with van der Waals surface area (Å²) in [5, 5.41) is 0. The van der Waals surface area contributed by atoms with Gasteiger partial charge < -0.3 is 14.5 Å². The van der Waals surface area contributed by atoms with Crippen LogP contribution in [0.2, 0.25) is 0 Å². The fourth-order valence-corrected chi connectivity index (χ4v) is 3.84. The van der Waals surface area contributed by atoms with Gasteiger partial charge in [0.15, 0.2) is 0 Å². The molecule has 0 aromatic rings. The number of hydrogen-bond donors (Lipinski definition) is 0. The van der Waals surface area contributed by atoms with Gasteiger partial charge in [0.2, 0.25) is 11.8 Å². The van der Waals surface area contributed by atoms with Gasteiger partial charge in [-0.3, -0.25) is 9.59 Å². The highest BCUT2D eigenvalue weighted by Gasteiger charge is 2.48. The van der Waals surface area contributed by atoms with E-state index in [2.05, 4.69) is 0 Å². The molecule has 3 atom stereocenters. The Morgan fingerprint density at radius 2 is 2.00 bits per heavy atom. The van der Waals surface area contributed by atoms with Crippen LogP contribution in [0.25, 0.3) is 0 Å². The third kappa shape index (κ3) is 2.22. The summed E-state index contributed by atoms with van der Waals surface area (Å²) in [6.45, 7) is 4.11. The predicted octanol–water partition coefficient (Wildman–Crippen LogP) is 1.17. The van der Waals surface area contributed by atoms with E-state index in [1.54, 1.807) is 0 Å². The molecule has 2 amide bonds. The minimum absolute atomic E-state index is 0.0919. The van der Waals surface area contributed by atoms with Crippen LogP contribution in [0.3, 0.4) is 0 Å². The van der Waals surface area contributed by atoms with Crippen LogP contribution in [0.4, 0.5) is 0 Å². The van der Waals surface area contributed by atoms with Gasteiger partial charge in [-0.2, -0.15) is 0 Å². The molecule has 0 aromatic heterocycles. The molecule has 0 saturated carbocycles. The fraction of sp³-hybridized carbons (Fsp3) is 0.867. The Bertz CT molecular complexity index is 393. The number of piperazine rings is 1. The van der Waals surface area contributed by atoms with Crippen LogP contribution in [-0.4, -0.2) is 59.5 Å². The molecule has 3 rings (SSSR count). The lowest BCUT2D eigenvalue weighted by atomic mass is 9.92. The van der Waals surface area contributed by atoms with Crippen LogP contribution in [0.15, 0.2) is 0 Å². The molecule has 3 fully saturated rings. The van der Waals surface area contributed by atoms with Gasteiger partial charge in [0, 0.05) is 13.2 Å². The summed E-state index contributed by atoms with van der Waals surface area (Å²) in [5.74, 6) is 0.314. The van der Waals surface area contributed by atoms with Crippen LogP contribution in [0.1, 0.15) is 45.4 Å². The van der Waals surface area contributed by atoms with Crippen molar-refractivity contribution in [3.8, 4) is 0 Å². The normalized spacial score (nSPS) is 35.1. The van der Waals surface area contributed by atoms with Crippen LogP contribution in [-0.2, 0) is 14.3 Å². The maximum Gasteiger partial charge on any atom is 0.246 e. The molecule has 0 aliphatic carbocycles. The molecule has 3 unspecified atom stereocenters. The summed E-state index contributed by atoms with van der Waals surface area (Å²) in [4.78, 5) is 29.2. The summed E-state index contributed by atoms with van der Waals surface area (Å²) in [6, 6.07) is -0.390. The molecule has 5 nitrogen and oxygen atoms in total. The predicted molar refractivity (Wildman–Crippen MR) is 74.1 cm³/mol. The monoisotopic (exact) mass is 280 g/mol. The van der Waals surface area contributed by atoms with Crippen molar-refractivity contribution in [3.63, 3.8) is 0 Å². The van der Waals surface area contributed by atoms with E-state index in [9.17, 15) is 9.59 Å². The van der Waals surface area contributed by atoms with Crippen LogP contribution < -0.4 is 0 Å². The zero-order chi connectivity index (χ0) is 14.1. The number of carbonyl (C=O) groups is 2. The summed E-state index contributed by atoms with van der Waals surface area (Å²) < 4.78 is 5.53. The van der Waals surface area contributed by atoms with Crippen LogP contribution >= 0.6 is 0 Å². The zero-order valence-electron chi connectivity index (χ0n) is 12.2. The Morgan fingerprint density at radius 3 is 2.70 bits per heavy atom. The second-order valence-electron chi connectivity index (χ2n) is 6.08. The van der Waals surface area contributed by atoms with Crippen molar-refractivity contribution in [2.75, 3.05) is 19.8 Å². The first kappa shape index (κ1) is 13.9. The molecule has 0 N–H and O–H groups in total. The number of nitrogens with zero attached hydrogens (tertiary/aromatic N) is 2. The molecular weight excluding hydrogens is 256 g/mol. The number of hydrogen-bond acceptors (Lipinski definition) is 3. The van der Waals surface area contributed by atoms with Gasteiger partial charge in [-0.15, -0.1) is 0 Å². The Hall–Kier alpha value is -1.10. The average Bonchev–Trinajstić information content (AvgIpc) is 2.51. The summed E-state index contributed by atoms with van der Waals surface area (Å²) in [6.07, 6.45) is 5.54. The van der Waals surface area contributed by atoms with Crippen molar-refractivity contribution < 1.29 is 14.3 Å². The second kappa shape index (κ2) is 5.72. The number of amides is 2. The third-order valence-corrected chi connectivity index (χ3v) is 4.86. The van der Waals surface area contributed by atoms with Crippen molar-refractivity contribution in [1.29, 1.82) is 0 Å². The van der Waals surface area contributed by atoms with Crippen molar-refractivity contribution in [1.82, 2.24) is 9.80 Å². The molecule has 0 radical (unpaired) electrons. The lowest BCUT2D eigenvalue weighted by Crippen LogP contribution is -2.68. The molecule has 112 valence electrons. The second-order valence-corrected chi connectivity index (χ2v) is 6.08. The van der Waals surface area contributed by atoms with E-state index in [-0.39, 0.29) is 29.9 Å². The van der Waals surface area contributed by atoms with E-state index < -0.39 is 0 Å². The Morgan fingerprint density at radius 1 is 1.15 bits per heavy atom. The highest BCUT2D eigenvalue weighted by Crippen LogP contribution is 2.30. The van der Waals surface area contributed by atoms with Crippen molar-refractivity contribution in [2.24, 2.45) is 0 Å². The molecule has 3 aliphatic heterocycles. The van der Waals surface area contributed by atoms with E-state index in [0.29, 0.717) is 13.0 Å². The lowest BCUT2D eigenvalue weighted by Gasteiger charge is -2.50. The number of fused-ring (bicyclic) bond motifs is 1. The fourth-order valence-electron chi connectivity index (χ4n) is 3.84. The average molecular weight is 280 g/mol. The maximum atomic E-state index is 12.9. The van der Waals surface area contributed by atoms with Gasteiger partial charge in [-0.05, 0) is 38.5 Å². The van der Waals surface area contributed by atoms with E-state index in [1.807, 2.05) is 16.7 Å². The standard InChI is InChI=1S/C15H24N2O3/c1-2-12-14(18)16-8-4-3-7-13(16)15(19)17(12)11-6-5-9-20-10-11/h11-13H,2-10H2,1H3. The third-order valence-electron chi connectivity index (χ3n) is 4.86. The quantitative estimate of drug-likeness (QED) is 0.763. The van der Waals surface area contributed by atoms with E-state index in [1.165, 1.54) is 0 Å². The Labute approximate surface area is 120 Å². The van der Waals surface area contributed by atoms with Gasteiger partial charge >= 0.3 is 0 Å². The lowest BCUT2D eigenvalue weighted by molar-refractivity contribution is -0.169. The number of carbonyl (C=O) groups excluding carboxylic acids is 2. The van der Waals surface area contributed by atoms with Gasteiger partial charge in [-0.1, -0.05) is 6.92 Å². The Balaban J connectivity index is 1.86. The van der Waals surface area contributed by atoms with Gasteiger partial charge in [-0.25, -0.2) is 0 Å². The Kier molecular flexibility index (Phi) is 3.96.